The van der Waals surface area contributed by atoms with Crippen molar-refractivity contribution in [3.63, 3.8) is 0 Å². The molecule has 0 atom stereocenters. The lowest BCUT2D eigenvalue weighted by Gasteiger charge is -2.07. The Morgan fingerprint density at radius 1 is 1.28 bits per heavy atom. The fourth-order valence-electron chi connectivity index (χ4n) is 1.61. The van der Waals surface area contributed by atoms with E-state index in [1.807, 2.05) is 6.92 Å². The van der Waals surface area contributed by atoms with Crippen molar-refractivity contribution in [1.29, 1.82) is 0 Å². The third-order valence-electron chi connectivity index (χ3n) is 2.63. The molecule has 0 unspecified atom stereocenters. The summed E-state index contributed by atoms with van der Waals surface area (Å²) in [6.45, 7) is 2.21. The highest BCUT2D eigenvalue weighted by atomic mass is 19.1. The molecule has 0 radical (unpaired) electrons. The highest BCUT2D eigenvalue weighted by Crippen LogP contribution is 2.06. The summed E-state index contributed by atoms with van der Waals surface area (Å²) in [4.78, 5) is 15.8. The summed E-state index contributed by atoms with van der Waals surface area (Å²) in [6, 6.07) is 7.72. The molecule has 0 aliphatic carbocycles. The topological polar surface area (TPSA) is 42.0 Å². The molecule has 1 N–H and O–H groups in total. The third-order valence-corrected chi connectivity index (χ3v) is 2.63. The van der Waals surface area contributed by atoms with Crippen LogP contribution in [0.3, 0.4) is 0 Å². The average Bonchev–Trinajstić information content (AvgIpc) is 2.38. The van der Waals surface area contributed by atoms with Gasteiger partial charge in [-0.1, -0.05) is 12.1 Å². The van der Waals surface area contributed by atoms with Gasteiger partial charge in [-0.2, -0.15) is 0 Å². The number of hydrogen-bond acceptors (Lipinski definition) is 2. The molecule has 4 heteroatoms. The zero-order valence-electron chi connectivity index (χ0n) is 9.98. The number of pyridine rings is 1. The number of hydrogen-bond donors (Lipinski definition) is 1. The van der Waals surface area contributed by atoms with Crippen LogP contribution in [0.4, 0.5) is 4.39 Å². The van der Waals surface area contributed by atoms with Gasteiger partial charge in [-0.15, -0.1) is 0 Å². The molecule has 92 valence electrons. The number of nitrogens with zero attached hydrogens (tertiary/aromatic N) is 1. The highest BCUT2D eigenvalue weighted by Gasteiger charge is 2.07. The van der Waals surface area contributed by atoms with Crippen molar-refractivity contribution in [3.8, 4) is 0 Å². The number of rotatable bonds is 3. The molecule has 2 rings (SSSR count). The van der Waals surface area contributed by atoms with Crippen LogP contribution in [0, 0.1) is 12.7 Å². The number of benzene rings is 1. The normalized spacial score (nSPS) is 10.1. The Morgan fingerprint density at radius 2 is 2.00 bits per heavy atom. The van der Waals surface area contributed by atoms with Crippen LogP contribution in [0.25, 0.3) is 0 Å². The number of aryl methyl sites for hydroxylation is 1. The molecule has 0 fully saturated rings. The van der Waals surface area contributed by atoms with Crippen molar-refractivity contribution in [2.24, 2.45) is 0 Å². The van der Waals surface area contributed by atoms with Crippen molar-refractivity contribution < 1.29 is 9.18 Å². The molecule has 0 saturated heterocycles. The molecule has 0 aliphatic heterocycles. The molecule has 0 aliphatic rings. The molecule has 3 nitrogen and oxygen atoms in total. The van der Waals surface area contributed by atoms with E-state index in [0.717, 1.165) is 11.1 Å². The average molecular weight is 244 g/mol. The zero-order valence-corrected chi connectivity index (χ0v) is 9.98. The maximum absolute atomic E-state index is 12.7. The van der Waals surface area contributed by atoms with Gasteiger partial charge in [-0.05, 0) is 36.2 Å². The van der Waals surface area contributed by atoms with Gasteiger partial charge in [0.05, 0.1) is 0 Å². The fourth-order valence-corrected chi connectivity index (χ4v) is 1.61. The molecule has 2 aromatic rings. The summed E-state index contributed by atoms with van der Waals surface area (Å²) in [5.41, 5.74) is 2.29. The standard InChI is InChI=1S/C14H13FN2O/c1-10-8-16-7-6-13(10)14(18)17-9-11-2-4-12(15)5-3-11/h2-8H,9H2,1H3,(H,17,18). The zero-order chi connectivity index (χ0) is 13.0. The van der Waals surface area contributed by atoms with Crippen LogP contribution in [-0.2, 0) is 6.54 Å². The van der Waals surface area contributed by atoms with Gasteiger partial charge in [-0.3, -0.25) is 9.78 Å². The predicted octanol–water partition coefficient (Wildman–Crippen LogP) is 2.46. The van der Waals surface area contributed by atoms with Crippen LogP contribution in [0.5, 0.6) is 0 Å². The Balaban J connectivity index is 2.01. The molecule has 0 spiro atoms. The van der Waals surface area contributed by atoms with Gasteiger partial charge in [-0.25, -0.2) is 4.39 Å². The number of aromatic nitrogens is 1. The molecule has 1 aromatic heterocycles. The van der Waals surface area contributed by atoms with Crippen molar-refractivity contribution in [1.82, 2.24) is 10.3 Å². The monoisotopic (exact) mass is 244 g/mol. The smallest absolute Gasteiger partial charge is 0.251 e. The van der Waals surface area contributed by atoms with E-state index in [1.54, 1.807) is 30.6 Å². The minimum Gasteiger partial charge on any atom is -0.348 e. The second-order valence-corrected chi connectivity index (χ2v) is 4.00. The van der Waals surface area contributed by atoms with E-state index < -0.39 is 0 Å². The number of amides is 1. The van der Waals surface area contributed by atoms with E-state index in [0.29, 0.717) is 12.1 Å². The lowest BCUT2D eigenvalue weighted by molar-refractivity contribution is 0.0950. The lowest BCUT2D eigenvalue weighted by atomic mass is 10.1. The number of carbonyl (C=O) groups is 1. The van der Waals surface area contributed by atoms with Crippen molar-refractivity contribution in [2.45, 2.75) is 13.5 Å². The molecule has 1 aromatic carbocycles. The van der Waals surface area contributed by atoms with Gasteiger partial charge in [0.1, 0.15) is 5.82 Å². The first-order valence-electron chi connectivity index (χ1n) is 5.60. The van der Waals surface area contributed by atoms with Gasteiger partial charge >= 0.3 is 0 Å². The minimum absolute atomic E-state index is 0.153. The second-order valence-electron chi connectivity index (χ2n) is 4.00. The van der Waals surface area contributed by atoms with Crippen molar-refractivity contribution >= 4 is 5.91 Å². The largest absolute Gasteiger partial charge is 0.348 e. The van der Waals surface area contributed by atoms with E-state index in [-0.39, 0.29) is 11.7 Å². The summed E-state index contributed by atoms with van der Waals surface area (Å²) >= 11 is 0. The molecule has 0 bridgehead atoms. The first-order valence-corrected chi connectivity index (χ1v) is 5.60. The van der Waals surface area contributed by atoms with E-state index in [1.165, 1.54) is 12.1 Å². The molecular weight excluding hydrogens is 231 g/mol. The minimum atomic E-state index is -0.282. The Labute approximate surface area is 105 Å². The highest BCUT2D eigenvalue weighted by molar-refractivity contribution is 5.95. The van der Waals surface area contributed by atoms with Gasteiger partial charge in [0.2, 0.25) is 0 Å². The molecule has 0 saturated carbocycles. The molecular formula is C14H13FN2O. The first-order chi connectivity index (χ1) is 8.66. The van der Waals surface area contributed by atoms with Crippen molar-refractivity contribution in [2.75, 3.05) is 0 Å². The van der Waals surface area contributed by atoms with Crippen LogP contribution in [0.2, 0.25) is 0 Å². The summed E-state index contributed by atoms with van der Waals surface area (Å²) in [5, 5.41) is 2.79. The van der Waals surface area contributed by atoms with Crippen LogP contribution in [0.1, 0.15) is 21.5 Å². The Hall–Kier alpha value is -2.23. The first kappa shape index (κ1) is 12.2. The lowest BCUT2D eigenvalue weighted by Crippen LogP contribution is -2.23. The summed E-state index contributed by atoms with van der Waals surface area (Å²) in [5.74, 6) is -0.436. The van der Waals surface area contributed by atoms with E-state index in [9.17, 15) is 9.18 Å². The molecule has 1 amide bonds. The summed E-state index contributed by atoms with van der Waals surface area (Å²) in [7, 11) is 0. The maximum Gasteiger partial charge on any atom is 0.251 e. The number of carbonyl (C=O) groups excluding carboxylic acids is 1. The van der Waals surface area contributed by atoms with Crippen LogP contribution < -0.4 is 5.32 Å². The quantitative estimate of drug-likeness (QED) is 0.901. The maximum atomic E-state index is 12.7. The Kier molecular flexibility index (Phi) is 3.67. The van der Waals surface area contributed by atoms with Gasteiger partial charge in [0, 0.05) is 24.5 Å². The van der Waals surface area contributed by atoms with Crippen LogP contribution in [0.15, 0.2) is 42.7 Å². The fraction of sp³-hybridized carbons (Fsp3) is 0.143. The van der Waals surface area contributed by atoms with E-state index in [4.69, 9.17) is 0 Å². The Bertz CT molecular complexity index is 552. The van der Waals surface area contributed by atoms with Gasteiger partial charge in [0.15, 0.2) is 0 Å². The summed E-state index contributed by atoms with van der Waals surface area (Å²) in [6.07, 6.45) is 3.23. The summed E-state index contributed by atoms with van der Waals surface area (Å²) < 4.78 is 12.7. The second kappa shape index (κ2) is 5.40. The van der Waals surface area contributed by atoms with Crippen LogP contribution in [-0.4, -0.2) is 10.9 Å². The SMILES string of the molecule is Cc1cnccc1C(=O)NCc1ccc(F)cc1. The van der Waals surface area contributed by atoms with Crippen LogP contribution >= 0.6 is 0 Å². The number of nitrogens with one attached hydrogen (secondary N) is 1. The molecule has 18 heavy (non-hydrogen) atoms. The Morgan fingerprint density at radius 3 is 2.67 bits per heavy atom. The van der Waals surface area contributed by atoms with Gasteiger partial charge < -0.3 is 5.32 Å². The molecule has 1 heterocycles. The number of halogens is 1. The van der Waals surface area contributed by atoms with Gasteiger partial charge in [0.25, 0.3) is 5.91 Å². The van der Waals surface area contributed by atoms with E-state index >= 15 is 0 Å². The third kappa shape index (κ3) is 2.91. The van der Waals surface area contributed by atoms with Crippen molar-refractivity contribution in [3.05, 3.63) is 65.2 Å². The van der Waals surface area contributed by atoms with E-state index in [2.05, 4.69) is 10.3 Å². The predicted molar refractivity (Wildman–Crippen MR) is 66.5 cm³/mol.